The first-order valence-corrected chi connectivity index (χ1v) is 6.27. The Balaban J connectivity index is 1.92. The van der Waals surface area contributed by atoms with Gasteiger partial charge in [0.2, 0.25) is 0 Å². The molecule has 2 N–H and O–H groups in total. The van der Waals surface area contributed by atoms with Crippen molar-refractivity contribution in [3.63, 3.8) is 0 Å². The lowest BCUT2D eigenvalue weighted by atomic mass is 10.1. The first-order chi connectivity index (χ1) is 9.97. The van der Waals surface area contributed by atoms with Gasteiger partial charge in [-0.05, 0) is 24.6 Å². The van der Waals surface area contributed by atoms with Crippen LogP contribution in [0.1, 0.15) is 26.4 Å². The molecular weight excluding hydrogens is 277 g/mol. The van der Waals surface area contributed by atoms with Crippen LogP contribution in [0.15, 0.2) is 30.7 Å². The van der Waals surface area contributed by atoms with E-state index < -0.39 is 11.8 Å². The van der Waals surface area contributed by atoms with Gasteiger partial charge in [0, 0.05) is 24.8 Å². The van der Waals surface area contributed by atoms with Crippen LogP contribution in [0.25, 0.3) is 0 Å². The van der Waals surface area contributed by atoms with E-state index in [0.717, 1.165) is 0 Å². The molecule has 0 spiro atoms. The number of hydrogen-bond donors (Lipinski definition) is 2. The average molecular weight is 291 g/mol. The van der Waals surface area contributed by atoms with E-state index in [1.54, 1.807) is 17.6 Å². The Morgan fingerprint density at radius 3 is 2.86 bits per heavy atom. The molecule has 2 rings (SSSR count). The molecule has 0 radical (unpaired) electrons. The van der Waals surface area contributed by atoms with E-state index in [4.69, 9.17) is 5.11 Å². The fourth-order valence-electron chi connectivity index (χ4n) is 1.83. The predicted octanol–water partition coefficient (Wildman–Crippen LogP) is 1.46. The largest absolute Gasteiger partial charge is 0.476 e. The molecular formula is C14H14FN3O3. The summed E-state index contributed by atoms with van der Waals surface area (Å²) in [4.78, 5) is 26.3. The Hall–Kier alpha value is -2.70. The summed E-state index contributed by atoms with van der Waals surface area (Å²) in [6.07, 6.45) is 2.75. The van der Waals surface area contributed by atoms with Crippen molar-refractivity contribution in [2.24, 2.45) is 0 Å². The van der Waals surface area contributed by atoms with Gasteiger partial charge in [-0.25, -0.2) is 14.2 Å². The number of aromatic carboxylic acids is 1. The van der Waals surface area contributed by atoms with Crippen LogP contribution in [0.3, 0.4) is 0 Å². The summed E-state index contributed by atoms with van der Waals surface area (Å²) in [6.45, 7) is 2.38. The summed E-state index contributed by atoms with van der Waals surface area (Å²) in [5.41, 5.74) is 0.916. The third-order valence-corrected chi connectivity index (χ3v) is 2.95. The average Bonchev–Trinajstić information content (AvgIpc) is 2.90. The van der Waals surface area contributed by atoms with E-state index in [-0.39, 0.29) is 23.7 Å². The number of benzene rings is 1. The predicted molar refractivity (Wildman–Crippen MR) is 72.7 cm³/mol. The van der Waals surface area contributed by atoms with Crippen LogP contribution in [-0.4, -0.2) is 33.1 Å². The zero-order valence-electron chi connectivity index (χ0n) is 11.3. The molecule has 1 amide bonds. The molecule has 0 atom stereocenters. The standard InChI is InChI=1S/C14H14FN3O3/c1-9-2-3-10(15)6-11(9)13(19)16-4-5-18-7-12(14(20)21)17-8-18/h2-3,6-8H,4-5H2,1H3,(H,16,19)(H,20,21). The Morgan fingerprint density at radius 1 is 1.43 bits per heavy atom. The van der Waals surface area contributed by atoms with Crippen molar-refractivity contribution in [1.82, 2.24) is 14.9 Å². The second-order valence-electron chi connectivity index (χ2n) is 4.52. The fourth-order valence-corrected chi connectivity index (χ4v) is 1.83. The molecule has 2 aromatic rings. The van der Waals surface area contributed by atoms with Gasteiger partial charge in [0.15, 0.2) is 5.69 Å². The zero-order valence-corrected chi connectivity index (χ0v) is 11.3. The van der Waals surface area contributed by atoms with Crippen molar-refractivity contribution in [2.75, 3.05) is 6.54 Å². The van der Waals surface area contributed by atoms with Gasteiger partial charge in [0.25, 0.3) is 5.91 Å². The summed E-state index contributed by atoms with van der Waals surface area (Å²) in [6, 6.07) is 4.02. The highest BCUT2D eigenvalue weighted by atomic mass is 19.1. The molecule has 6 nitrogen and oxygen atoms in total. The second-order valence-corrected chi connectivity index (χ2v) is 4.52. The topological polar surface area (TPSA) is 84.2 Å². The van der Waals surface area contributed by atoms with E-state index in [1.165, 1.54) is 24.7 Å². The minimum Gasteiger partial charge on any atom is -0.476 e. The van der Waals surface area contributed by atoms with Crippen LogP contribution in [0.5, 0.6) is 0 Å². The summed E-state index contributed by atoms with van der Waals surface area (Å²) in [7, 11) is 0. The number of hydrogen-bond acceptors (Lipinski definition) is 3. The SMILES string of the molecule is Cc1ccc(F)cc1C(=O)NCCn1cnc(C(=O)O)c1. The highest BCUT2D eigenvalue weighted by molar-refractivity contribution is 5.95. The van der Waals surface area contributed by atoms with Crippen molar-refractivity contribution in [3.05, 3.63) is 53.4 Å². The van der Waals surface area contributed by atoms with Gasteiger partial charge in [0.1, 0.15) is 5.82 Å². The molecule has 1 aromatic carbocycles. The monoisotopic (exact) mass is 291 g/mol. The van der Waals surface area contributed by atoms with Crippen LogP contribution in [0.2, 0.25) is 0 Å². The number of halogens is 1. The van der Waals surface area contributed by atoms with Gasteiger partial charge in [-0.2, -0.15) is 0 Å². The molecule has 0 saturated heterocycles. The van der Waals surface area contributed by atoms with Crippen molar-refractivity contribution < 1.29 is 19.1 Å². The normalized spacial score (nSPS) is 10.4. The third-order valence-electron chi connectivity index (χ3n) is 2.95. The van der Waals surface area contributed by atoms with E-state index in [1.807, 2.05) is 0 Å². The molecule has 0 fully saturated rings. The number of carboxylic acids is 1. The molecule has 0 bridgehead atoms. The van der Waals surface area contributed by atoms with Crippen molar-refractivity contribution in [3.8, 4) is 0 Å². The lowest BCUT2D eigenvalue weighted by Crippen LogP contribution is -2.27. The summed E-state index contributed by atoms with van der Waals surface area (Å²) in [5.74, 6) is -1.94. The summed E-state index contributed by atoms with van der Waals surface area (Å²) < 4.78 is 14.7. The minimum atomic E-state index is -1.10. The molecule has 1 heterocycles. The Labute approximate surface area is 120 Å². The molecule has 0 saturated carbocycles. The van der Waals surface area contributed by atoms with E-state index in [0.29, 0.717) is 12.1 Å². The van der Waals surface area contributed by atoms with Gasteiger partial charge in [-0.3, -0.25) is 4.79 Å². The number of imidazole rings is 1. The van der Waals surface area contributed by atoms with Crippen molar-refractivity contribution in [2.45, 2.75) is 13.5 Å². The molecule has 0 aliphatic rings. The Morgan fingerprint density at radius 2 is 2.19 bits per heavy atom. The number of carbonyl (C=O) groups excluding carboxylic acids is 1. The molecule has 21 heavy (non-hydrogen) atoms. The number of aromatic nitrogens is 2. The van der Waals surface area contributed by atoms with Gasteiger partial charge in [-0.1, -0.05) is 6.07 Å². The first kappa shape index (κ1) is 14.7. The maximum absolute atomic E-state index is 13.1. The summed E-state index contributed by atoms with van der Waals surface area (Å²) >= 11 is 0. The number of carboxylic acid groups (broad SMARTS) is 1. The maximum atomic E-state index is 13.1. The van der Waals surface area contributed by atoms with Crippen LogP contribution in [-0.2, 0) is 6.54 Å². The van der Waals surface area contributed by atoms with Crippen molar-refractivity contribution in [1.29, 1.82) is 0 Å². The van der Waals surface area contributed by atoms with Crippen LogP contribution >= 0.6 is 0 Å². The van der Waals surface area contributed by atoms with Gasteiger partial charge in [-0.15, -0.1) is 0 Å². The summed E-state index contributed by atoms with van der Waals surface area (Å²) in [5, 5.41) is 11.4. The van der Waals surface area contributed by atoms with Crippen LogP contribution < -0.4 is 5.32 Å². The quantitative estimate of drug-likeness (QED) is 0.873. The lowest BCUT2D eigenvalue weighted by Gasteiger charge is -2.08. The maximum Gasteiger partial charge on any atom is 0.356 e. The van der Waals surface area contributed by atoms with Gasteiger partial charge < -0.3 is 15.0 Å². The number of nitrogens with one attached hydrogen (secondary N) is 1. The first-order valence-electron chi connectivity index (χ1n) is 6.27. The Bertz CT molecular complexity index is 682. The highest BCUT2D eigenvalue weighted by Gasteiger charge is 2.10. The van der Waals surface area contributed by atoms with Crippen LogP contribution in [0, 0.1) is 12.7 Å². The van der Waals surface area contributed by atoms with Gasteiger partial charge in [0.05, 0.1) is 6.33 Å². The molecule has 1 aromatic heterocycles. The molecule has 110 valence electrons. The molecule has 7 heteroatoms. The number of aryl methyl sites for hydroxylation is 1. The second kappa shape index (κ2) is 6.17. The van der Waals surface area contributed by atoms with Gasteiger partial charge >= 0.3 is 5.97 Å². The Kier molecular flexibility index (Phi) is 4.32. The fraction of sp³-hybridized carbons (Fsp3) is 0.214. The number of nitrogens with zero attached hydrogens (tertiary/aromatic N) is 2. The van der Waals surface area contributed by atoms with Crippen LogP contribution in [0.4, 0.5) is 4.39 Å². The van der Waals surface area contributed by atoms with E-state index in [9.17, 15) is 14.0 Å². The molecule has 0 aliphatic heterocycles. The third kappa shape index (κ3) is 3.65. The molecule has 0 unspecified atom stereocenters. The molecule has 0 aliphatic carbocycles. The van der Waals surface area contributed by atoms with E-state index >= 15 is 0 Å². The smallest absolute Gasteiger partial charge is 0.356 e. The highest BCUT2D eigenvalue weighted by Crippen LogP contribution is 2.09. The van der Waals surface area contributed by atoms with E-state index in [2.05, 4.69) is 10.3 Å². The number of rotatable bonds is 5. The number of amides is 1. The lowest BCUT2D eigenvalue weighted by molar-refractivity contribution is 0.0690. The zero-order chi connectivity index (χ0) is 15.4. The van der Waals surface area contributed by atoms with Crippen molar-refractivity contribution >= 4 is 11.9 Å². The minimum absolute atomic E-state index is 0.0534. The number of carbonyl (C=O) groups is 2.